The first-order valence-corrected chi connectivity index (χ1v) is 7.07. The summed E-state index contributed by atoms with van der Waals surface area (Å²) in [6.45, 7) is 8.11. The Morgan fingerprint density at radius 1 is 1.35 bits per heavy atom. The molecule has 0 radical (unpaired) electrons. The molecule has 0 spiro atoms. The maximum absolute atomic E-state index is 11.6. The molecular formula is C16H26N2O2. The van der Waals surface area contributed by atoms with Gasteiger partial charge < -0.3 is 15.8 Å². The first kappa shape index (κ1) is 16.5. The van der Waals surface area contributed by atoms with E-state index in [0.717, 1.165) is 18.4 Å². The Morgan fingerprint density at radius 3 is 2.60 bits per heavy atom. The van der Waals surface area contributed by atoms with Crippen molar-refractivity contribution in [3.05, 3.63) is 35.4 Å². The number of benzene rings is 1. The number of aryl methyl sites for hydroxylation is 1. The molecule has 1 atom stereocenters. The molecule has 1 aromatic carbocycles. The molecule has 0 aliphatic heterocycles. The van der Waals surface area contributed by atoms with Crippen LogP contribution in [-0.2, 0) is 17.7 Å². The van der Waals surface area contributed by atoms with Crippen LogP contribution in [-0.4, -0.2) is 17.7 Å². The normalized spacial score (nSPS) is 12.8. The Morgan fingerprint density at radius 2 is 2.00 bits per heavy atom. The van der Waals surface area contributed by atoms with Gasteiger partial charge in [0.15, 0.2) is 0 Å². The van der Waals surface area contributed by atoms with Crippen molar-refractivity contribution in [3.8, 4) is 0 Å². The van der Waals surface area contributed by atoms with E-state index >= 15 is 0 Å². The van der Waals surface area contributed by atoms with Crippen molar-refractivity contribution in [2.24, 2.45) is 5.73 Å². The zero-order chi connectivity index (χ0) is 15.2. The highest BCUT2D eigenvalue weighted by Crippen LogP contribution is 2.10. The van der Waals surface area contributed by atoms with Crippen LogP contribution in [0.5, 0.6) is 0 Å². The van der Waals surface area contributed by atoms with Crippen LogP contribution < -0.4 is 11.1 Å². The highest BCUT2D eigenvalue weighted by atomic mass is 16.6. The number of rotatable bonds is 5. The van der Waals surface area contributed by atoms with Crippen molar-refractivity contribution in [1.82, 2.24) is 5.32 Å². The summed E-state index contributed by atoms with van der Waals surface area (Å²) in [6, 6.07) is 8.31. The largest absolute Gasteiger partial charge is 0.444 e. The van der Waals surface area contributed by atoms with Gasteiger partial charge in [0.2, 0.25) is 0 Å². The predicted octanol–water partition coefficient (Wildman–Crippen LogP) is 2.99. The first-order valence-electron chi connectivity index (χ1n) is 7.07. The topological polar surface area (TPSA) is 64.3 Å². The van der Waals surface area contributed by atoms with Crippen LogP contribution in [0.1, 0.15) is 45.2 Å². The van der Waals surface area contributed by atoms with Crippen LogP contribution in [0.15, 0.2) is 24.3 Å². The Kier molecular flexibility index (Phi) is 6.02. The quantitative estimate of drug-likeness (QED) is 0.870. The molecule has 3 N–H and O–H groups in total. The number of alkyl carbamates (subject to hydrolysis) is 1. The van der Waals surface area contributed by atoms with Gasteiger partial charge in [0.1, 0.15) is 5.60 Å². The van der Waals surface area contributed by atoms with Gasteiger partial charge in [0, 0.05) is 12.6 Å². The van der Waals surface area contributed by atoms with Gasteiger partial charge >= 0.3 is 6.09 Å². The van der Waals surface area contributed by atoms with Crippen molar-refractivity contribution >= 4 is 6.09 Å². The van der Waals surface area contributed by atoms with Crippen LogP contribution in [0.2, 0.25) is 0 Å². The Balaban J connectivity index is 2.39. The minimum atomic E-state index is -0.459. The van der Waals surface area contributed by atoms with Crippen molar-refractivity contribution in [1.29, 1.82) is 0 Å². The number of hydrogen-bond acceptors (Lipinski definition) is 3. The van der Waals surface area contributed by atoms with E-state index in [4.69, 9.17) is 10.5 Å². The molecule has 1 aromatic rings. The molecule has 112 valence electrons. The minimum Gasteiger partial charge on any atom is -0.444 e. The maximum atomic E-state index is 11.6. The van der Waals surface area contributed by atoms with E-state index in [1.54, 1.807) is 0 Å². The van der Waals surface area contributed by atoms with E-state index < -0.39 is 5.60 Å². The molecule has 0 saturated heterocycles. The molecule has 0 aliphatic carbocycles. The average Bonchev–Trinajstić information content (AvgIpc) is 2.34. The molecule has 0 aromatic heterocycles. The number of carbonyl (C=O) groups excluding carboxylic acids is 1. The fourth-order valence-corrected chi connectivity index (χ4v) is 1.88. The second-order valence-corrected chi connectivity index (χ2v) is 6.11. The third-order valence-electron chi connectivity index (χ3n) is 2.86. The van der Waals surface area contributed by atoms with E-state index in [1.807, 2.05) is 39.8 Å². The summed E-state index contributed by atoms with van der Waals surface area (Å²) in [5.41, 5.74) is 7.54. The molecule has 0 bridgehead atoms. The van der Waals surface area contributed by atoms with Gasteiger partial charge in [-0.25, -0.2) is 4.79 Å². The van der Waals surface area contributed by atoms with Gasteiger partial charge in [-0.2, -0.15) is 0 Å². The molecular weight excluding hydrogens is 252 g/mol. The van der Waals surface area contributed by atoms with Crippen LogP contribution in [0.3, 0.4) is 0 Å². The molecule has 20 heavy (non-hydrogen) atoms. The van der Waals surface area contributed by atoms with Crippen molar-refractivity contribution in [3.63, 3.8) is 0 Å². The molecule has 0 unspecified atom stereocenters. The molecule has 0 saturated carbocycles. The second kappa shape index (κ2) is 7.29. The SMILES string of the molecule is C[C@@H](CCc1cccc(CN)c1)NC(=O)OC(C)(C)C. The van der Waals surface area contributed by atoms with Gasteiger partial charge in [0.25, 0.3) is 0 Å². The lowest BCUT2D eigenvalue weighted by Gasteiger charge is -2.22. The smallest absolute Gasteiger partial charge is 0.407 e. The summed E-state index contributed by atoms with van der Waals surface area (Å²) in [7, 11) is 0. The van der Waals surface area contributed by atoms with Gasteiger partial charge in [-0.15, -0.1) is 0 Å². The molecule has 0 fully saturated rings. The zero-order valence-electron chi connectivity index (χ0n) is 12.9. The summed E-state index contributed by atoms with van der Waals surface area (Å²) < 4.78 is 5.23. The number of ether oxygens (including phenoxy) is 1. The maximum Gasteiger partial charge on any atom is 0.407 e. The van der Waals surface area contributed by atoms with Gasteiger partial charge in [-0.05, 0) is 51.7 Å². The fourth-order valence-electron chi connectivity index (χ4n) is 1.88. The van der Waals surface area contributed by atoms with E-state index in [2.05, 4.69) is 17.4 Å². The van der Waals surface area contributed by atoms with Crippen LogP contribution in [0.25, 0.3) is 0 Å². The molecule has 0 aliphatic rings. The van der Waals surface area contributed by atoms with Gasteiger partial charge in [-0.3, -0.25) is 0 Å². The highest BCUT2D eigenvalue weighted by molar-refractivity contribution is 5.68. The third-order valence-corrected chi connectivity index (χ3v) is 2.86. The number of carbonyl (C=O) groups is 1. The molecule has 4 heteroatoms. The Labute approximate surface area is 121 Å². The van der Waals surface area contributed by atoms with E-state index in [0.29, 0.717) is 6.54 Å². The summed E-state index contributed by atoms with van der Waals surface area (Å²) in [5.74, 6) is 0. The van der Waals surface area contributed by atoms with Crippen molar-refractivity contribution < 1.29 is 9.53 Å². The monoisotopic (exact) mass is 278 g/mol. The summed E-state index contributed by atoms with van der Waals surface area (Å²) in [4.78, 5) is 11.6. The number of nitrogens with two attached hydrogens (primary N) is 1. The number of hydrogen-bond donors (Lipinski definition) is 2. The molecule has 4 nitrogen and oxygen atoms in total. The minimum absolute atomic E-state index is 0.0754. The standard InChI is InChI=1S/C16H26N2O2/c1-12(18-15(19)20-16(2,3)4)8-9-13-6-5-7-14(10-13)11-17/h5-7,10,12H,8-9,11,17H2,1-4H3,(H,18,19)/t12-/m0/s1. The van der Waals surface area contributed by atoms with Crippen LogP contribution in [0, 0.1) is 0 Å². The average molecular weight is 278 g/mol. The zero-order valence-corrected chi connectivity index (χ0v) is 12.9. The van der Waals surface area contributed by atoms with Crippen molar-refractivity contribution in [2.75, 3.05) is 0 Å². The van der Waals surface area contributed by atoms with Gasteiger partial charge in [0.05, 0.1) is 0 Å². The van der Waals surface area contributed by atoms with Gasteiger partial charge in [-0.1, -0.05) is 24.3 Å². The predicted molar refractivity (Wildman–Crippen MR) is 81.5 cm³/mol. The summed E-state index contributed by atoms with van der Waals surface area (Å²) >= 11 is 0. The number of amides is 1. The third kappa shape index (κ3) is 6.57. The van der Waals surface area contributed by atoms with Crippen molar-refractivity contribution in [2.45, 2.75) is 58.7 Å². The van der Waals surface area contributed by atoms with E-state index in [9.17, 15) is 4.79 Å². The molecule has 1 amide bonds. The van der Waals surface area contributed by atoms with Crippen LogP contribution >= 0.6 is 0 Å². The summed E-state index contributed by atoms with van der Waals surface area (Å²) in [5, 5.41) is 2.85. The molecule has 0 heterocycles. The Hall–Kier alpha value is -1.55. The number of nitrogens with one attached hydrogen (secondary N) is 1. The highest BCUT2D eigenvalue weighted by Gasteiger charge is 2.17. The lowest BCUT2D eigenvalue weighted by Crippen LogP contribution is -2.37. The van der Waals surface area contributed by atoms with Crippen LogP contribution in [0.4, 0.5) is 4.79 Å². The summed E-state index contributed by atoms with van der Waals surface area (Å²) in [6.07, 6.45) is 1.42. The molecule has 1 rings (SSSR count). The van der Waals surface area contributed by atoms with E-state index in [-0.39, 0.29) is 12.1 Å². The fraction of sp³-hybridized carbons (Fsp3) is 0.562. The second-order valence-electron chi connectivity index (χ2n) is 6.11. The first-order chi connectivity index (χ1) is 9.30. The lowest BCUT2D eigenvalue weighted by molar-refractivity contribution is 0.0506. The van der Waals surface area contributed by atoms with E-state index in [1.165, 1.54) is 5.56 Å². The lowest BCUT2D eigenvalue weighted by atomic mass is 10.0. The Bertz CT molecular complexity index is 438.